The third kappa shape index (κ3) is 2.85. The first-order chi connectivity index (χ1) is 12.1. The van der Waals surface area contributed by atoms with Crippen LogP contribution in [0.1, 0.15) is 5.56 Å². The minimum absolute atomic E-state index is 0.139. The van der Waals surface area contributed by atoms with Crippen LogP contribution in [-0.2, 0) is 0 Å². The van der Waals surface area contributed by atoms with E-state index in [1.165, 1.54) is 6.20 Å². The van der Waals surface area contributed by atoms with E-state index in [0.717, 1.165) is 41.9 Å². The lowest BCUT2D eigenvalue weighted by atomic mass is 10.0. The predicted molar refractivity (Wildman–Crippen MR) is 98.8 cm³/mol. The number of pyridine rings is 2. The van der Waals surface area contributed by atoms with Crippen LogP contribution in [-0.4, -0.2) is 31.2 Å². The van der Waals surface area contributed by atoms with E-state index in [2.05, 4.69) is 15.2 Å². The SMILES string of the molecule is Cc1cccc2c(=O)[nH]c(-c3ccc(N4CCNCC4)[n+]([O-])c3)cc12. The normalized spacial score (nSPS) is 14.8. The summed E-state index contributed by atoms with van der Waals surface area (Å²) in [4.78, 5) is 17.3. The summed E-state index contributed by atoms with van der Waals surface area (Å²) < 4.78 is 0.890. The third-order valence-electron chi connectivity index (χ3n) is 4.75. The van der Waals surface area contributed by atoms with Crippen LogP contribution < -0.4 is 20.5 Å². The maximum Gasteiger partial charge on any atom is 0.279 e. The number of fused-ring (bicyclic) bond motifs is 1. The number of hydrogen-bond acceptors (Lipinski definition) is 4. The fourth-order valence-electron chi connectivity index (χ4n) is 3.37. The van der Waals surface area contributed by atoms with E-state index in [9.17, 15) is 10.0 Å². The zero-order valence-corrected chi connectivity index (χ0v) is 14.1. The molecule has 0 atom stereocenters. The molecule has 3 heterocycles. The quantitative estimate of drug-likeness (QED) is 0.550. The first kappa shape index (κ1) is 15.7. The fraction of sp³-hybridized carbons (Fsp3) is 0.263. The highest BCUT2D eigenvalue weighted by Gasteiger charge is 2.20. The highest BCUT2D eigenvalue weighted by molar-refractivity contribution is 5.87. The molecule has 1 fully saturated rings. The second kappa shape index (κ2) is 6.22. The predicted octanol–water partition coefficient (Wildman–Crippen LogP) is 1.55. The Bertz CT molecular complexity index is 990. The van der Waals surface area contributed by atoms with Crippen molar-refractivity contribution < 1.29 is 4.73 Å². The van der Waals surface area contributed by atoms with Crippen molar-refractivity contribution >= 4 is 16.6 Å². The zero-order valence-electron chi connectivity index (χ0n) is 14.1. The van der Waals surface area contributed by atoms with Crippen LogP contribution in [0.5, 0.6) is 0 Å². The Morgan fingerprint density at radius 1 is 1.12 bits per heavy atom. The van der Waals surface area contributed by atoms with Gasteiger partial charge in [0.15, 0.2) is 0 Å². The van der Waals surface area contributed by atoms with E-state index in [0.29, 0.717) is 22.5 Å². The average Bonchev–Trinajstić information content (AvgIpc) is 2.63. The standard InChI is InChI=1S/C19H20N4O2/c1-13-3-2-4-15-16(13)11-17(21-19(15)24)14-5-6-18(23(25)12-14)22-9-7-20-8-10-22/h2-6,11-12,20H,7-10H2,1H3,(H,21,24). The van der Waals surface area contributed by atoms with Crippen molar-refractivity contribution in [2.75, 3.05) is 31.1 Å². The summed E-state index contributed by atoms with van der Waals surface area (Å²) in [5.41, 5.74) is 2.26. The number of rotatable bonds is 2. The van der Waals surface area contributed by atoms with Crippen LogP contribution in [0.2, 0.25) is 0 Å². The van der Waals surface area contributed by atoms with Crippen molar-refractivity contribution in [1.82, 2.24) is 10.3 Å². The molecule has 0 unspecified atom stereocenters. The van der Waals surface area contributed by atoms with Gasteiger partial charge in [0.1, 0.15) is 6.20 Å². The van der Waals surface area contributed by atoms with E-state index in [-0.39, 0.29) is 5.56 Å². The van der Waals surface area contributed by atoms with Gasteiger partial charge in [0, 0.05) is 30.1 Å². The molecular formula is C19H20N4O2. The van der Waals surface area contributed by atoms with E-state index in [1.807, 2.05) is 43.3 Å². The summed E-state index contributed by atoms with van der Waals surface area (Å²) in [6.07, 6.45) is 1.53. The Morgan fingerprint density at radius 3 is 2.68 bits per heavy atom. The van der Waals surface area contributed by atoms with Gasteiger partial charge in [-0.05, 0) is 36.1 Å². The number of hydrogen-bond donors (Lipinski definition) is 2. The highest BCUT2D eigenvalue weighted by atomic mass is 16.5. The number of anilines is 1. The Kier molecular flexibility index (Phi) is 3.89. The molecule has 4 rings (SSSR count). The van der Waals surface area contributed by atoms with Crippen LogP contribution in [0.25, 0.3) is 22.0 Å². The molecular weight excluding hydrogens is 316 g/mol. The lowest BCUT2D eigenvalue weighted by Crippen LogP contribution is -2.48. The van der Waals surface area contributed by atoms with Gasteiger partial charge in [-0.2, -0.15) is 0 Å². The molecule has 1 aromatic carbocycles. The third-order valence-corrected chi connectivity index (χ3v) is 4.75. The van der Waals surface area contributed by atoms with Crippen LogP contribution in [0, 0.1) is 12.1 Å². The van der Waals surface area contributed by atoms with Gasteiger partial charge >= 0.3 is 0 Å². The van der Waals surface area contributed by atoms with Crippen LogP contribution >= 0.6 is 0 Å². The number of nitrogens with one attached hydrogen (secondary N) is 2. The number of benzene rings is 1. The number of aromatic amines is 1. The van der Waals surface area contributed by atoms with Crippen molar-refractivity contribution in [2.45, 2.75) is 6.92 Å². The molecule has 1 aliphatic rings. The molecule has 25 heavy (non-hydrogen) atoms. The summed E-state index contributed by atoms with van der Waals surface area (Å²) in [6.45, 7) is 5.35. The van der Waals surface area contributed by atoms with Gasteiger partial charge in [0.2, 0.25) is 0 Å². The Morgan fingerprint density at radius 2 is 1.92 bits per heavy atom. The largest absolute Gasteiger partial charge is 0.711 e. The van der Waals surface area contributed by atoms with Crippen LogP contribution in [0.3, 0.4) is 0 Å². The number of aryl methyl sites for hydroxylation is 1. The summed E-state index contributed by atoms with van der Waals surface area (Å²) in [7, 11) is 0. The number of aromatic nitrogens is 2. The Labute approximate surface area is 145 Å². The minimum Gasteiger partial charge on any atom is -0.711 e. The van der Waals surface area contributed by atoms with Crippen molar-refractivity contribution in [2.24, 2.45) is 0 Å². The molecule has 3 aromatic rings. The van der Waals surface area contributed by atoms with Gasteiger partial charge in [-0.25, -0.2) is 4.73 Å². The lowest BCUT2D eigenvalue weighted by Gasteiger charge is -2.25. The van der Waals surface area contributed by atoms with Gasteiger partial charge in [-0.1, -0.05) is 12.1 Å². The van der Waals surface area contributed by atoms with E-state index in [1.54, 1.807) is 0 Å². The van der Waals surface area contributed by atoms with Crippen LogP contribution in [0.4, 0.5) is 5.82 Å². The fourth-order valence-corrected chi connectivity index (χ4v) is 3.37. The molecule has 0 amide bonds. The molecule has 0 radical (unpaired) electrons. The zero-order chi connectivity index (χ0) is 17.4. The Hall–Kier alpha value is -2.86. The molecule has 0 saturated carbocycles. The van der Waals surface area contributed by atoms with Crippen molar-refractivity contribution in [1.29, 1.82) is 0 Å². The van der Waals surface area contributed by atoms with Gasteiger partial charge in [0.05, 0.1) is 18.8 Å². The Balaban J connectivity index is 1.77. The van der Waals surface area contributed by atoms with Crippen LogP contribution in [0.15, 0.2) is 47.4 Å². The molecule has 6 nitrogen and oxygen atoms in total. The summed E-state index contributed by atoms with van der Waals surface area (Å²) in [5.74, 6) is 0.643. The van der Waals surface area contributed by atoms with Crippen molar-refractivity contribution in [3.8, 4) is 11.3 Å². The number of nitrogens with zero attached hydrogens (tertiary/aromatic N) is 2. The maximum atomic E-state index is 12.5. The number of H-pyrrole nitrogens is 1. The van der Waals surface area contributed by atoms with E-state index >= 15 is 0 Å². The topological polar surface area (TPSA) is 75.1 Å². The number of piperazine rings is 1. The van der Waals surface area contributed by atoms with Gasteiger partial charge in [-0.15, -0.1) is 0 Å². The minimum atomic E-state index is -0.139. The molecule has 1 saturated heterocycles. The molecule has 6 heteroatoms. The van der Waals surface area contributed by atoms with E-state index in [4.69, 9.17) is 0 Å². The highest BCUT2D eigenvalue weighted by Crippen LogP contribution is 2.22. The second-order valence-electron chi connectivity index (χ2n) is 6.39. The molecule has 2 aromatic heterocycles. The summed E-state index contributed by atoms with van der Waals surface area (Å²) in [5, 5.41) is 17.3. The summed E-state index contributed by atoms with van der Waals surface area (Å²) >= 11 is 0. The molecule has 1 aliphatic heterocycles. The van der Waals surface area contributed by atoms with Crippen molar-refractivity contribution in [3.63, 3.8) is 0 Å². The first-order valence-electron chi connectivity index (χ1n) is 8.45. The van der Waals surface area contributed by atoms with Gasteiger partial charge in [-0.3, -0.25) is 9.69 Å². The molecule has 0 bridgehead atoms. The summed E-state index contributed by atoms with van der Waals surface area (Å²) in [6, 6.07) is 11.3. The molecule has 0 spiro atoms. The maximum absolute atomic E-state index is 12.5. The monoisotopic (exact) mass is 336 g/mol. The molecule has 128 valence electrons. The second-order valence-corrected chi connectivity index (χ2v) is 6.39. The van der Waals surface area contributed by atoms with Crippen molar-refractivity contribution in [3.05, 3.63) is 63.7 Å². The lowest BCUT2D eigenvalue weighted by molar-refractivity contribution is -0.591. The van der Waals surface area contributed by atoms with E-state index < -0.39 is 0 Å². The molecule has 2 N–H and O–H groups in total. The first-order valence-corrected chi connectivity index (χ1v) is 8.45. The van der Waals surface area contributed by atoms with Gasteiger partial charge < -0.3 is 15.5 Å². The van der Waals surface area contributed by atoms with Gasteiger partial charge in [0.25, 0.3) is 11.4 Å². The molecule has 0 aliphatic carbocycles. The smallest absolute Gasteiger partial charge is 0.279 e. The average molecular weight is 336 g/mol.